The molecule has 0 aliphatic heterocycles. The van der Waals surface area contributed by atoms with Crippen molar-refractivity contribution in [3.63, 3.8) is 0 Å². The fraction of sp³-hybridized carbons (Fsp3) is 0.188. The van der Waals surface area contributed by atoms with Gasteiger partial charge in [0.1, 0.15) is 5.69 Å². The summed E-state index contributed by atoms with van der Waals surface area (Å²) in [6.07, 6.45) is 2.06. The highest BCUT2D eigenvalue weighted by molar-refractivity contribution is 6.30. The number of nitrogens with one attached hydrogen (secondary N) is 2. The molecule has 0 saturated carbocycles. The van der Waals surface area contributed by atoms with E-state index in [0.29, 0.717) is 29.2 Å². The first-order valence-electron chi connectivity index (χ1n) is 6.81. The van der Waals surface area contributed by atoms with Crippen LogP contribution >= 0.6 is 11.6 Å². The van der Waals surface area contributed by atoms with Crippen molar-refractivity contribution in [3.8, 4) is 0 Å². The van der Waals surface area contributed by atoms with Gasteiger partial charge in [-0.15, -0.1) is 0 Å². The molecule has 22 heavy (non-hydrogen) atoms. The number of amides is 2. The Morgan fingerprint density at radius 3 is 2.68 bits per heavy atom. The SMILES string of the molecule is CNC(=O)c1cccc(CCNC(=O)c2ccc(Cl)cn2)c1. The average molecular weight is 318 g/mol. The van der Waals surface area contributed by atoms with Crippen LogP contribution in [0.4, 0.5) is 0 Å². The van der Waals surface area contributed by atoms with E-state index in [0.717, 1.165) is 5.56 Å². The van der Waals surface area contributed by atoms with Gasteiger partial charge in [-0.05, 0) is 36.2 Å². The number of hydrogen-bond donors (Lipinski definition) is 2. The van der Waals surface area contributed by atoms with E-state index in [1.54, 1.807) is 25.2 Å². The Hall–Kier alpha value is -2.40. The molecule has 0 spiro atoms. The van der Waals surface area contributed by atoms with Crippen LogP contribution in [0.25, 0.3) is 0 Å². The van der Waals surface area contributed by atoms with Crippen LogP contribution in [0, 0.1) is 0 Å². The van der Waals surface area contributed by atoms with Crippen molar-refractivity contribution in [2.45, 2.75) is 6.42 Å². The minimum absolute atomic E-state index is 0.128. The van der Waals surface area contributed by atoms with E-state index < -0.39 is 0 Å². The zero-order valence-corrected chi connectivity index (χ0v) is 12.9. The van der Waals surface area contributed by atoms with Crippen molar-refractivity contribution >= 4 is 23.4 Å². The Bertz CT molecular complexity index is 671. The first-order valence-corrected chi connectivity index (χ1v) is 7.18. The maximum Gasteiger partial charge on any atom is 0.269 e. The van der Waals surface area contributed by atoms with E-state index in [-0.39, 0.29) is 11.8 Å². The second-order valence-electron chi connectivity index (χ2n) is 4.65. The highest BCUT2D eigenvalue weighted by atomic mass is 35.5. The first-order chi connectivity index (χ1) is 10.6. The maximum atomic E-state index is 11.9. The summed E-state index contributed by atoms with van der Waals surface area (Å²) in [5.74, 6) is -0.379. The average Bonchev–Trinajstić information content (AvgIpc) is 2.55. The summed E-state index contributed by atoms with van der Waals surface area (Å²) in [6.45, 7) is 0.459. The quantitative estimate of drug-likeness (QED) is 0.887. The van der Waals surface area contributed by atoms with Gasteiger partial charge < -0.3 is 10.6 Å². The molecule has 0 fully saturated rings. The van der Waals surface area contributed by atoms with Crippen molar-refractivity contribution in [1.82, 2.24) is 15.6 Å². The van der Waals surface area contributed by atoms with Crippen LogP contribution in [0.5, 0.6) is 0 Å². The predicted molar refractivity (Wildman–Crippen MR) is 85.1 cm³/mol. The molecule has 0 radical (unpaired) electrons. The van der Waals surface area contributed by atoms with Crippen LogP contribution in [0.3, 0.4) is 0 Å². The van der Waals surface area contributed by atoms with Crippen molar-refractivity contribution in [3.05, 3.63) is 64.4 Å². The van der Waals surface area contributed by atoms with Crippen molar-refractivity contribution in [2.24, 2.45) is 0 Å². The second-order valence-corrected chi connectivity index (χ2v) is 5.08. The van der Waals surface area contributed by atoms with E-state index in [4.69, 9.17) is 11.6 Å². The van der Waals surface area contributed by atoms with Crippen LogP contribution in [0.1, 0.15) is 26.4 Å². The molecule has 0 bridgehead atoms. The molecule has 0 saturated heterocycles. The lowest BCUT2D eigenvalue weighted by atomic mass is 10.1. The molecule has 6 heteroatoms. The van der Waals surface area contributed by atoms with Crippen LogP contribution in [-0.2, 0) is 6.42 Å². The number of carbonyl (C=O) groups is 2. The van der Waals surface area contributed by atoms with Gasteiger partial charge in [-0.3, -0.25) is 9.59 Å². The molecule has 1 aromatic heterocycles. The second kappa shape index (κ2) is 7.56. The summed E-state index contributed by atoms with van der Waals surface area (Å²) < 4.78 is 0. The summed E-state index contributed by atoms with van der Waals surface area (Å²) in [5.41, 5.74) is 1.90. The van der Waals surface area contributed by atoms with Crippen LogP contribution in [-0.4, -0.2) is 30.4 Å². The fourth-order valence-corrected chi connectivity index (χ4v) is 2.05. The predicted octanol–water partition coefficient (Wildman–Crippen LogP) is 2.07. The Kier molecular flexibility index (Phi) is 5.49. The number of nitrogens with zero attached hydrogens (tertiary/aromatic N) is 1. The topological polar surface area (TPSA) is 71.1 Å². The summed E-state index contributed by atoms with van der Waals surface area (Å²) in [6, 6.07) is 10.5. The van der Waals surface area contributed by atoms with Crippen molar-refractivity contribution in [2.75, 3.05) is 13.6 Å². The molecule has 0 unspecified atom stereocenters. The first kappa shape index (κ1) is 16.0. The van der Waals surface area contributed by atoms with Gasteiger partial charge in [0.15, 0.2) is 0 Å². The molecular weight excluding hydrogens is 302 g/mol. The molecule has 2 amide bonds. The Labute approximate surface area is 133 Å². The molecular formula is C16H16ClN3O2. The largest absolute Gasteiger partial charge is 0.355 e. The smallest absolute Gasteiger partial charge is 0.269 e. The third kappa shape index (κ3) is 4.30. The summed E-state index contributed by atoms with van der Waals surface area (Å²) in [5, 5.41) is 5.85. The minimum Gasteiger partial charge on any atom is -0.355 e. The number of rotatable bonds is 5. The highest BCUT2D eigenvalue weighted by Crippen LogP contribution is 2.07. The summed E-state index contributed by atoms with van der Waals surface area (Å²) in [4.78, 5) is 27.4. The molecule has 2 aromatic rings. The number of carbonyl (C=O) groups excluding carboxylic acids is 2. The minimum atomic E-state index is -0.251. The number of halogens is 1. The number of aromatic nitrogens is 1. The molecule has 1 aromatic carbocycles. The lowest BCUT2D eigenvalue weighted by Gasteiger charge is -2.06. The number of hydrogen-bond acceptors (Lipinski definition) is 3. The van der Waals surface area contributed by atoms with E-state index >= 15 is 0 Å². The maximum absolute atomic E-state index is 11.9. The zero-order valence-electron chi connectivity index (χ0n) is 12.1. The van der Waals surface area contributed by atoms with Gasteiger partial charge in [-0.1, -0.05) is 23.7 Å². The van der Waals surface area contributed by atoms with E-state index in [1.165, 1.54) is 6.20 Å². The number of pyridine rings is 1. The highest BCUT2D eigenvalue weighted by Gasteiger charge is 2.07. The lowest BCUT2D eigenvalue weighted by molar-refractivity contribution is 0.0944. The van der Waals surface area contributed by atoms with Gasteiger partial charge in [-0.25, -0.2) is 4.98 Å². The fourth-order valence-electron chi connectivity index (χ4n) is 1.93. The van der Waals surface area contributed by atoms with Crippen LogP contribution in [0.15, 0.2) is 42.6 Å². The van der Waals surface area contributed by atoms with Gasteiger partial charge in [0.05, 0.1) is 5.02 Å². The van der Waals surface area contributed by atoms with E-state index in [9.17, 15) is 9.59 Å². The van der Waals surface area contributed by atoms with Crippen LogP contribution < -0.4 is 10.6 Å². The summed E-state index contributed by atoms with van der Waals surface area (Å²) >= 11 is 5.73. The van der Waals surface area contributed by atoms with Crippen molar-refractivity contribution < 1.29 is 9.59 Å². The van der Waals surface area contributed by atoms with E-state index in [2.05, 4.69) is 15.6 Å². The molecule has 0 atom stereocenters. The van der Waals surface area contributed by atoms with Gasteiger partial charge in [0.25, 0.3) is 11.8 Å². The van der Waals surface area contributed by atoms with Gasteiger partial charge in [0, 0.05) is 25.4 Å². The standard InChI is InChI=1S/C16H16ClN3O2/c1-18-15(21)12-4-2-3-11(9-12)7-8-19-16(22)14-6-5-13(17)10-20-14/h2-6,9-10H,7-8H2,1H3,(H,18,21)(H,19,22). The molecule has 2 rings (SSSR count). The van der Waals surface area contributed by atoms with Gasteiger partial charge >= 0.3 is 0 Å². The molecule has 5 nitrogen and oxygen atoms in total. The molecule has 114 valence electrons. The van der Waals surface area contributed by atoms with E-state index in [1.807, 2.05) is 18.2 Å². The summed E-state index contributed by atoms with van der Waals surface area (Å²) in [7, 11) is 1.59. The van der Waals surface area contributed by atoms with Gasteiger partial charge in [0.2, 0.25) is 0 Å². The third-order valence-corrected chi connectivity index (χ3v) is 3.30. The third-order valence-electron chi connectivity index (χ3n) is 3.08. The monoisotopic (exact) mass is 317 g/mol. The Balaban J connectivity index is 1.89. The Morgan fingerprint density at radius 2 is 2.00 bits per heavy atom. The number of benzene rings is 1. The molecule has 0 aliphatic rings. The van der Waals surface area contributed by atoms with Gasteiger partial charge in [-0.2, -0.15) is 0 Å². The molecule has 2 N–H and O–H groups in total. The lowest BCUT2D eigenvalue weighted by Crippen LogP contribution is -2.26. The molecule has 0 aliphatic carbocycles. The van der Waals surface area contributed by atoms with Crippen molar-refractivity contribution in [1.29, 1.82) is 0 Å². The Morgan fingerprint density at radius 1 is 1.18 bits per heavy atom. The zero-order chi connectivity index (χ0) is 15.9. The molecule has 1 heterocycles. The normalized spacial score (nSPS) is 10.1. The van der Waals surface area contributed by atoms with Crippen LogP contribution in [0.2, 0.25) is 5.02 Å².